The van der Waals surface area contributed by atoms with E-state index >= 15 is 0 Å². The molecule has 6 nitrogen and oxygen atoms in total. The number of amides is 3. The molecule has 3 amide bonds. The molecule has 1 saturated heterocycles. The summed E-state index contributed by atoms with van der Waals surface area (Å²) in [5.74, 6) is 0.961. The molecule has 0 radical (unpaired) electrons. The predicted octanol–water partition coefficient (Wildman–Crippen LogP) is 2.97. The number of carbonyl (C=O) groups is 2. The predicted molar refractivity (Wildman–Crippen MR) is 92.9 cm³/mol. The largest absolute Gasteiger partial charge is 0.345 e. The van der Waals surface area contributed by atoms with Gasteiger partial charge in [-0.05, 0) is 44.2 Å². The van der Waals surface area contributed by atoms with Gasteiger partial charge in [0.25, 0.3) is 5.91 Å². The highest BCUT2D eigenvalue weighted by Gasteiger charge is 2.42. The van der Waals surface area contributed by atoms with E-state index in [1.807, 2.05) is 4.90 Å². The standard InChI is InChI=1S/C18H26N4O2/c1-12-10-13-6-4-5-7-15(13)22(12)18(24)20-16-11-14(8-9-19-16)17(23)21(2)3/h8-9,11-13,15H,4-7,10H2,1-3H3,(H,19,20,24)/t12-,13-,15-/m1/s1. The van der Waals surface area contributed by atoms with Crippen LogP contribution >= 0.6 is 0 Å². The summed E-state index contributed by atoms with van der Waals surface area (Å²) in [7, 11) is 3.41. The minimum absolute atomic E-state index is 0.0983. The number of carbonyl (C=O) groups excluding carboxylic acids is 2. The molecule has 6 heteroatoms. The zero-order valence-corrected chi connectivity index (χ0v) is 14.7. The van der Waals surface area contributed by atoms with E-state index in [0.29, 0.717) is 23.3 Å². The molecule has 24 heavy (non-hydrogen) atoms. The van der Waals surface area contributed by atoms with E-state index in [0.717, 1.165) is 12.8 Å². The van der Waals surface area contributed by atoms with Crippen LogP contribution in [0.2, 0.25) is 0 Å². The van der Waals surface area contributed by atoms with E-state index in [2.05, 4.69) is 17.2 Å². The van der Waals surface area contributed by atoms with Crippen molar-refractivity contribution in [2.75, 3.05) is 19.4 Å². The van der Waals surface area contributed by atoms with Crippen LogP contribution in [-0.4, -0.2) is 52.9 Å². The first kappa shape index (κ1) is 16.7. The minimum Gasteiger partial charge on any atom is -0.345 e. The van der Waals surface area contributed by atoms with Crippen LogP contribution in [0.1, 0.15) is 49.4 Å². The van der Waals surface area contributed by atoms with Gasteiger partial charge < -0.3 is 9.80 Å². The van der Waals surface area contributed by atoms with Gasteiger partial charge in [-0.3, -0.25) is 10.1 Å². The Morgan fingerprint density at radius 1 is 1.29 bits per heavy atom. The average molecular weight is 330 g/mol. The molecule has 1 saturated carbocycles. The van der Waals surface area contributed by atoms with Gasteiger partial charge >= 0.3 is 6.03 Å². The van der Waals surface area contributed by atoms with Gasteiger partial charge in [0.1, 0.15) is 5.82 Å². The third-order valence-corrected chi connectivity index (χ3v) is 5.23. The van der Waals surface area contributed by atoms with Gasteiger partial charge in [-0.1, -0.05) is 12.8 Å². The van der Waals surface area contributed by atoms with E-state index in [1.54, 1.807) is 32.4 Å². The molecule has 1 aromatic heterocycles. The number of nitrogens with zero attached hydrogens (tertiary/aromatic N) is 3. The van der Waals surface area contributed by atoms with Crippen molar-refractivity contribution in [1.29, 1.82) is 0 Å². The van der Waals surface area contributed by atoms with Crippen molar-refractivity contribution in [2.45, 2.75) is 51.1 Å². The van der Waals surface area contributed by atoms with Gasteiger partial charge in [-0.2, -0.15) is 0 Å². The molecule has 1 aliphatic heterocycles. The first-order valence-corrected chi connectivity index (χ1v) is 8.74. The number of likely N-dealkylation sites (tertiary alicyclic amines) is 1. The summed E-state index contributed by atoms with van der Waals surface area (Å²) >= 11 is 0. The van der Waals surface area contributed by atoms with E-state index < -0.39 is 0 Å². The molecule has 3 atom stereocenters. The van der Waals surface area contributed by atoms with E-state index in [4.69, 9.17) is 0 Å². The van der Waals surface area contributed by atoms with Crippen molar-refractivity contribution in [2.24, 2.45) is 5.92 Å². The SMILES string of the molecule is C[C@@H]1C[C@H]2CCCC[C@H]2N1C(=O)Nc1cc(C(=O)N(C)C)ccn1. The number of nitrogens with one attached hydrogen (secondary N) is 1. The van der Waals surface area contributed by atoms with E-state index in [-0.39, 0.29) is 18.0 Å². The summed E-state index contributed by atoms with van der Waals surface area (Å²) in [6, 6.07) is 3.80. The van der Waals surface area contributed by atoms with Crippen molar-refractivity contribution in [3.8, 4) is 0 Å². The summed E-state index contributed by atoms with van der Waals surface area (Å²) in [5, 5.41) is 2.89. The van der Waals surface area contributed by atoms with Crippen LogP contribution in [0.3, 0.4) is 0 Å². The second-order valence-corrected chi connectivity index (χ2v) is 7.16. The number of hydrogen-bond donors (Lipinski definition) is 1. The third-order valence-electron chi connectivity index (χ3n) is 5.23. The quantitative estimate of drug-likeness (QED) is 0.906. The highest BCUT2D eigenvalue weighted by molar-refractivity contribution is 5.96. The van der Waals surface area contributed by atoms with Gasteiger partial charge in [0.05, 0.1) is 0 Å². The maximum atomic E-state index is 12.8. The maximum absolute atomic E-state index is 12.8. The normalized spacial score (nSPS) is 26.0. The van der Waals surface area contributed by atoms with Crippen LogP contribution in [0.5, 0.6) is 0 Å². The van der Waals surface area contributed by atoms with E-state index in [9.17, 15) is 9.59 Å². The first-order valence-electron chi connectivity index (χ1n) is 8.74. The average Bonchev–Trinajstić information content (AvgIpc) is 2.90. The third kappa shape index (κ3) is 3.23. The van der Waals surface area contributed by atoms with Crippen LogP contribution in [0, 0.1) is 5.92 Å². The monoisotopic (exact) mass is 330 g/mol. The maximum Gasteiger partial charge on any atom is 0.323 e. The highest BCUT2D eigenvalue weighted by atomic mass is 16.2. The smallest absolute Gasteiger partial charge is 0.323 e. The topological polar surface area (TPSA) is 65.5 Å². The zero-order chi connectivity index (χ0) is 17.3. The number of fused-ring (bicyclic) bond motifs is 1. The number of urea groups is 1. The summed E-state index contributed by atoms with van der Waals surface area (Å²) in [6.45, 7) is 2.12. The Kier molecular flexibility index (Phi) is 4.73. The molecular weight excluding hydrogens is 304 g/mol. The molecule has 1 N–H and O–H groups in total. The fourth-order valence-electron chi connectivity index (χ4n) is 4.12. The molecule has 130 valence electrons. The summed E-state index contributed by atoms with van der Waals surface area (Å²) in [4.78, 5) is 32.5. The van der Waals surface area contributed by atoms with Gasteiger partial charge in [-0.25, -0.2) is 9.78 Å². The molecule has 2 aliphatic rings. The van der Waals surface area contributed by atoms with Gasteiger partial charge in [-0.15, -0.1) is 0 Å². The number of anilines is 1. The van der Waals surface area contributed by atoms with Crippen LogP contribution in [0.4, 0.5) is 10.6 Å². The molecular formula is C18H26N4O2. The van der Waals surface area contributed by atoms with Crippen LogP contribution in [-0.2, 0) is 0 Å². The minimum atomic E-state index is -0.102. The Morgan fingerprint density at radius 2 is 2.04 bits per heavy atom. The molecule has 0 unspecified atom stereocenters. The van der Waals surface area contributed by atoms with Crippen LogP contribution in [0.25, 0.3) is 0 Å². The Labute approximate surface area is 143 Å². The Morgan fingerprint density at radius 3 is 2.79 bits per heavy atom. The number of aromatic nitrogens is 1. The van der Waals surface area contributed by atoms with Gasteiger partial charge in [0.2, 0.25) is 0 Å². The van der Waals surface area contributed by atoms with Crippen molar-refractivity contribution < 1.29 is 9.59 Å². The highest BCUT2D eigenvalue weighted by Crippen LogP contribution is 2.39. The molecule has 3 rings (SSSR count). The summed E-state index contributed by atoms with van der Waals surface area (Å²) in [5.41, 5.74) is 0.523. The lowest BCUT2D eigenvalue weighted by Gasteiger charge is -2.33. The lowest BCUT2D eigenvalue weighted by molar-refractivity contribution is 0.0827. The van der Waals surface area contributed by atoms with Crippen molar-refractivity contribution in [3.63, 3.8) is 0 Å². The van der Waals surface area contributed by atoms with Crippen molar-refractivity contribution >= 4 is 17.8 Å². The van der Waals surface area contributed by atoms with Crippen molar-refractivity contribution in [3.05, 3.63) is 23.9 Å². The second kappa shape index (κ2) is 6.79. The molecule has 1 aliphatic carbocycles. The molecule has 0 spiro atoms. The molecule has 0 bridgehead atoms. The lowest BCUT2D eigenvalue weighted by Crippen LogP contribution is -2.44. The number of pyridine rings is 1. The molecule has 2 fully saturated rings. The lowest BCUT2D eigenvalue weighted by atomic mass is 9.85. The molecule has 2 heterocycles. The Bertz CT molecular complexity index is 631. The zero-order valence-electron chi connectivity index (χ0n) is 14.7. The fourth-order valence-corrected chi connectivity index (χ4v) is 4.12. The Hall–Kier alpha value is -2.11. The van der Waals surface area contributed by atoms with Gasteiger partial charge in [0.15, 0.2) is 0 Å². The summed E-state index contributed by atoms with van der Waals surface area (Å²) in [6.07, 6.45) is 7.44. The molecule has 1 aromatic rings. The number of rotatable bonds is 2. The molecule has 0 aromatic carbocycles. The second-order valence-electron chi connectivity index (χ2n) is 7.16. The fraction of sp³-hybridized carbons (Fsp3) is 0.611. The Balaban J connectivity index is 1.73. The van der Waals surface area contributed by atoms with Crippen LogP contribution in [0.15, 0.2) is 18.3 Å². The summed E-state index contributed by atoms with van der Waals surface area (Å²) < 4.78 is 0. The van der Waals surface area contributed by atoms with Crippen LogP contribution < -0.4 is 5.32 Å². The first-order chi connectivity index (χ1) is 11.5. The van der Waals surface area contributed by atoms with Crippen molar-refractivity contribution in [1.82, 2.24) is 14.8 Å². The number of hydrogen-bond acceptors (Lipinski definition) is 3. The van der Waals surface area contributed by atoms with E-state index in [1.165, 1.54) is 24.2 Å². The van der Waals surface area contributed by atoms with Gasteiger partial charge in [0, 0.05) is 37.9 Å².